The molecule has 0 aromatic rings. The van der Waals surface area contributed by atoms with Crippen LogP contribution >= 0.6 is 0 Å². The first-order valence-electron chi connectivity index (χ1n) is 5.20. The Morgan fingerprint density at radius 3 is 2.20 bits per heavy atom. The van der Waals surface area contributed by atoms with Crippen molar-refractivity contribution in [1.82, 2.24) is 5.32 Å². The van der Waals surface area contributed by atoms with E-state index in [4.69, 9.17) is 0 Å². The molecule has 1 saturated carbocycles. The highest BCUT2D eigenvalue weighted by Crippen LogP contribution is 2.40. The minimum absolute atomic E-state index is 0.0783. The molecular formula is C10H16F3NO. The van der Waals surface area contributed by atoms with Crippen molar-refractivity contribution < 1.29 is 18.0 Å². The molecular weight excluding hydrogens is 207 g/mol. The summed E-state index contributed by atoms with van der Waals surface area (Å²) in [5.74, 6) is -1.10. The summed E-state index contributed by atoms with van der Waals surface area (Å²) in [5.41, 5.74) is 0. The topological polar surface area (TPSA) is 29.1 Å². The third kappa shape index (κ3) is 3.72. The molecule has 1 rings (SSSR count). The van der Waals surface area contributed by atoms with Gasteiger partial charge in [-0.15, -0.1) is 0 Å². The predicted octanol–water partition coefficient (Wildman–Crippen LogP) is 2.49. The lowest BCUT2D eigenvalue weighted by molar-refractivity contribution is -0.184. The molecule has 0 aromatic carbocycles. The smallest absolute Gasteiger partial charge is 0.359 e. The van der Waals surface area contributed by atoms with Crippen molar-refractivity contribution in [2.24, 2.45) is 11.8 Å². The van der Waals surface area contributed by atoms with E-state index in [1.54, 1.807) is 7.05 Å². The van der Waals surface area contributed by atoms with Gasteiger partial charge in [0.15, 0.2) is 0 Å². The number of alkyl halides is 3. The van der Waals surface area contributed by atoms with Gasteiger partial charge in [0.25, 0.3) is 0 Å². The number of rotatable bonds is 2. The van der Waals surface area contributed by atoms with E-state index in [0.717, 1.165) is 0 Å². The standard InChI is InChI=1S/C10H16F3NO/c1-14-9(15)6-7-2-4-8(5-3-7)10(11,12)13/h7-8H,2-6H2,1H3,(H,14,15). The van der Waals surface area contributed by atoms with Crippen LogP contribution in [-0.2, 0) is 4.79 Å². The monoisotopic (exact) mass is 223 g/mol. The Labute approximate surface area is 87.2 Å². The summed E-state index contributed by atoms with van der Waals surface area (Å²) in [7, 11) is 1.55. The van der Waals surface area contributed by atoms with Crippen molar-refractivity contribution in [2.45, 2.75) is 38.3 Å². The Morgan fingerprint density at radius 2 is 1.80 bits per heavy atom. The molecule has 0 spiro atoms. The fourth-order valence-electron chi connectivity index (χ4n) is 2.06. The van der Waals surface area contributed by atoms with E-state index in [1.165, 1.54) is 0 Å². The third-order valence-corrected chi connectivity index (χ3v) is 3.06. The summed E-state index contributed by atoms with van der Waals surface area (Å²) in [6.45, 7) is 0. The number of nitrogens with one attached hydrogen (secondary N) is 1. The van der Waals surface area contributed by atoms with E-state index in [9.17, 15) is 18.0 Å². The zero-order chi connectivity index (χ0) is 11.5. The summed E-state index contributed by atoms with van der Waals surface area (Å²) in [6, 6.07) is 0. The highest BCUT2D eigenvalue weighted by Gasteiger charge is 2.41. The van der Waals surface area contributed by atoms with E-state index in [0.29, 0.717) is 19.3 Å². The van der Waals surface area contributed by atoms with Crippen molar-refractivity contribution in [3.63, 3.8) is 0 Å². The summed E-state index contributed by atoms with van der Waals surface area (Å²) in [4.78, 5) is 11.0. The van der Waals surface area contributed by atoms with Crippen LogP contribution in [0.1, 0.15) is 32.1 Å². The zero-order valence-electron chi connectivity index (χ0n) is 8.73. The van der Waals surface area contributed by atoms with E-state index >= 15 is 0 Å². The van der Waals surface area contributed by atoms with Crippen LogP contribution < -0.4 is 5.32 Å². The summed E-state index contributed by atoms with van der Waals surface area (Å²) < 4.78 is 37.0. The van der Waals surface area contributed by atoms with Crippen LogP contribution in [0.4, 0.5) is 13.2 Å². The van der Waals surface area contributed by atoms with Gasteiger partial charge < -0.3 is 5.32 Å². The molecule has 15 heavy (non-hydrogen) atoms. The fourth-order valence-corrected chi connectivity index (χ4v) is 2.06. The van der Waals surface area contributed by atoms with Gasteiger partial charge in [-0.05, 0) is 31.6 Å². The Hall–Kier alpha value is -0.740. The molecule has 88 valence electrons. The van der Waals surface area contributed by atoms with Crippen LogP contribution in [0.25, 0.3) is 0 Å². The molecule has 1 N–H and O–H groups in total. The predicted molar refractivity (Wildman–Crippen MR) is 50.2 cm³/mol. The number of amides is 1. The van der Waals surface area contributed by atoms with Crippen LogP contribution in [0.5, 0.6) is 0 Å². The molecule has 1 amide bonds. The molecule has 5 heteroatoms. The van der Waals surface area contributed by atoms with Gasteiger partial charge in [0.1, 0.15) is 0 Å². The fraction of sp³-hybridized carbons (Fsp3) is 0.900. The molecule has 1 aliphatic rings. The second-order valence-electron chi connectivity index (χ2n) is 4.14. The number of hydrogen-bond acceptors (Lipinski definition) is 1. The average Bonchev–Trinajstić information content (AvgIpc) is 2.17. The quantitative estimate of drug-likeness (QED) is 0.765. The number of carbonyl (C=O) groups is 1. The average molecular weight is 223 g/mol. The van der Waals surface area contributed by atoms with E-state index in [-0.39, 0.29) is 24.7 Å². The van der Waals surface area contributed by atoms with Crippen molar-refractivity contribution >= 4 is 5.91 Å². The molecule has 0 heterocycles. The molecule has 1 aliphatic carbocycles. The largest absolute Gasteiger partial charge is 0.391 e. The van der Waals surface area contributed by atoms with Gasteiger partial charge in [-0.1, -0.05) is 0 Å². The number of carbonyl (C=O) groups excluding carboxylic acids is 1. The molecule has 2 nitrogen and oxygen atoms in total. The maximum absolute atomic E-state index is 12.3. The highest BCUT2D eigenvalue weighted by atomic mass is 19.4. The molecule has 0 radical (unpaired) electrons. The minimum Gasteiger partial charge on any atom is -0.359 e. The molecule has 0 aliphatic heterocycles. The second-order valence-corrected chi connectivity index (χ2v) is 4.14. The van der Waals surface area contributed by atoms with Crippen LogP contribution in [-0.4, -0.2) is 19.1 Å². The first-order chi connectivity index (χ1) is 6.93. The zero-order valence-corrected chi connectivity index (χ0v) is 8.73. The summed E-state index contributed by atoms with van der Waals surface area (Å²) >= 11 is 0. The SMILES string of the molecule is CNC(=O)CC1CCC(C(F)(F)F)CC1. The van der Waals surface area contributed by atoms with Crippen LogP contribution in [0.3, 0.4) is 0 Å². The third-order valence-electron chi connectivity index (χ3n) is 3.06. The number of hydrogen-bond donors (Lipinski definition) is 1. The van der Waals surface area contributed by atoms with Crippen LogP contribution in [0.2, 0.25) is 0 Å². The lowest BCUT2D eigenvalue weighted by atomic mass is 9.80. The van der Waals surface area contributed by atoms with Gasteiger partial charge in [-0.3, -0.25) is 4.79 Å². The Morgan fingerprint density at radius 1 is 1.27 bits per heavy atom. The van der Waals surface area contributed by atoms with Gasteiger partial charge in [0.05, 0.1) is 5.92 Å². The lowest BCUT2D eigenvalue weighted by Crippen LogP contribution is -2.29. The van der Waals surface area contributed by atoms with Gasteiger partial charge >= 0.3 is 6.18 Å². The van der Waals surface area contributed by atoms with E-state index < -0.39 is 12.1 Å². The molecule has 0 bridgehead atoms. The summed E-state index contributed by atoms with van der Waals surface area (Å²) in [5, 5.41) is 2.49. The normalized spacial score (nSPS) is 27.5. The second kappa shape index (κ2) is 4.86. The Kier molecular flexibility index (Phi) is 3.99. The summed E-state index contributed by atoms with van der Waals surface area (Å²) in [6.07, 6.45) is -2.33. The Bertz CT molecular complexity index is 219. The van der Waals surface area contributed by atoms with Crippen molar-refractivity contribution in [3.05, 3.63) is 0 Å². The first-order valence-corrected chi connectivity index (χ1v) is 5.20. The molecule has 0 unspecified atom stereocenters. The van der Waals surface area contributed by atoms with Crippen LogP contribution in [0, 0.1) is 11.8 Å². The lowest BCUT2D eigenvalue weighted by Gasteiger charge is -2.29. The molecule has 0 aromatic heterocycles. The number of halogens is 3. The van der Waals surface area contributed by atoms with Gasteiger partial charge in [0.2, 0.25) is 5.91 Å². The molecule has 0 saturated heterocycles. The van der Waals surface area contributed by atoms with E-state index in [2.05, 4.69) is 5.32 Å². The van der Waals surface area contributed by atoms with E-state index in [1.807, 2.05) is 0 Å². The van der Waals surface area contributed by atoms with Crippen LogP contribution in [0.15, 0.2) is 0 Å². The van der Waals surface area contributed by atoms with Crippen molar-refractivity contribution in [1.29, 1.82) is 0 Å². The maximum Gasteiger partial charge on any atom is 0.391 e. The van der Waals surface area contributed by atoms with Crippen molar-refractivity contribution in [3.8, 4) is 0 Å². The Balaban J connectivity index is 2.33. The van der Waals surface area contributed by atoms with Crippen molar-refractivity contribution in [2.75, 3.05) is 7.05 Å². The van der Waals surface area contributed by atoms with Gasteiger partial charge in [-0.2, -0.15) is 13.2 Å². The van der Waals surface area contributed by atoms with Gasteiger partial charge in [-0.25, -0.2) is 0 Å². The minimum atomic E-state index is -4.06. The molecule has 0 atom stereocenters. The highest BCUT2D eigenvalue weighted by molar-refractivity contribution is 5.75. The maximum atomic E-state index is 12.3. The van der Waals surface area contributed by atoms with Gasteiger partial charge in [0, 0.05) is 13.5 Å². The molecule has 1 fully saturated rings. The first kappa shape index (κ1) is 12.3.